The smallest absolute Gasteiger partial charge is 0.309 e. The van der Waals surface area contributed by atoms with Crippen LogP contribution in [0.25, 0.3) is 0 Å². The number of esters is 1. The SMILES string of the molecule is CC/C=C\C/C=C\C/C=C\C/C=C\C/C=C\C/C=C/CC(CC=S)C(=O)OCC. The van der Waals surface area contributed by atoms with E-state index in [1.165, 1.54) is 0 Å². The lowest BCUT2D eigenvalue weighted by molar-refractivity contribution is -0.147. The van der Waals surface area contributed by atoms with Crippen molar-refractivity contribution in [3.05, 3.63) is 72.9 Å². The lowest BCUT2D eigenvalue weighted by atomic mass is 10.0. The molecule has 3 heteroatoms. The third-order valence-corrected chi connectivity index (χ3v) is 4.21. The van der Waals surface area contributed by atoms with E-state index in [0.717, 1.165) is 38.5 Å². The van der Waals surface area contributed by atoms with E-state index in [1.54, 1.807) is 5.37 Å². The highest BCUT2D eigenvalue weighted by molar-refractivity contribution is 7.78. The third kappa shape index (κ3) is 19.1. The minimum Gasteiger partial charge on any atom is -0.466 e. The highest BCUT2D eigenvalue weighted by atomic mass is 32.1. The fraction of sp³-hybridized carbons (Fsp3) is 0.462. The van der Waals surface area contributed by atoms with Crippen LogP contribution in [-0.4, -0.2) is 17.9 Å². The van der Waals surface area contributed by atoms with Crippen molar-refractivity contribution in [3.8, 4) is 0 Å². The molecule has 0 aliphatic heterocycles. The van der Waals surface area contributed by atoms with E-state index in [0.29, 0.717) is 19.4 Å². The zero-order valence-electron chi connectivity index (χ0n) is 18.2. The Morgan fingerprint density at radius 2 is 1.10 bits per heavy atom. The molecular weight excluding hydrogens is 376 g/mol. The molecule has 0 saturated heterocycles. The van der Waals surface area contributed by atoms with Crippen molar-refractivity contribution in [2.45, 2.75) is 65.2 Å². The van der Waals surface area contributed by atoms with Gasteiger partial charge in [0.2, 0.25) is 0 Å². The van der Waals surface area contributed by atoms with Crippen LogP contribution in [0.4, 0.5) is 0 Å². The summed E-state index contributed by atoms with van der Waals surface area (Å²) in [6.45, 7) is 4.39. The van der Waals surface area contributed by atoms with Gasteiger partial charge >= 0.3 is 5.97 Å². The van der Waals surface area contributed by atoms with Crippen molar-refractivity contribution >= 4 is 23.6 Å². The predicted octanol–water partition coefficient (Wildman–Crippen LogP) is 7.64. The molecule has 160 valence electrons. The molecule has 0 aliphatic rings. The number of carbonyl (C=O) groups is 1. The van der Waals surface area contributed by atoms with Crippen molar-refractivity contribution in [1.29, 1.82) is 0 Å². The maximum atomic E-state index is 11.8. The molecule has 0 aromatic rings. The minimum atomic E-state index is -0.159. The Bertz CT molecular complexity index is 580. The summed E-state index contributed by atoms with van der Waals surface area (Å²) in [5, 5.41) is 1.61. The van der Waals surface area contributed by atoms with Gasteiger partial charge in [0.25, 0.3) is 0 Å². The van der Waals surface area contributed by atoms with E-state index in [-0.39, 0.29) is 11.9 Å². The fourth-order valence-electron chi connectivity index (χ4n) is 2.45. The van der Waals surface area contributed by atoms with Crippen LogP contribution >= 0.6 is 12.2 Å². The van der Waals surface area contributed by atoms with E-state index in [1.807, 2.05) is 13.0 Å². The first kappa shape index (κ1) is 27.0. The van der Waals surface area contributed by atoms with Crippen LogP contribution in [-0.2, 0) is 9.53 Å². The maximum absolute atomic E-state index is 11.8. The number of ether oxygens (including phenoxy) is 1. The number of carbonyl (C=O) groups excluding carboxylic acids is 1. The molecule has 0 bridgehead atoms. The summed E-state index contributed by atoms with van der Waals surface area (Å²) in [4.78, 5) is 11.8. The molecule has 0 spiro atoms. The molecule has 1 atom stereocenters. The van der Waals surface area contributed by atoms with Gasteiger partial charge in [0.15, 0.2) is 0 Å². The molecular formula is C26H38O2S. The van der Waals surface area contributed by atoms with Crippen LogP contribution in [0.2, 0.25) is 0 Å². The van der Waals surface area contributed by atoms with Crippen LogP contribution < -0.4 is 0 Å². The highest BCUT2D eigenvalue weighted by Crippen LogP contribution is 2.11. The highest BCUT2D eigenvalue weighted by Gasteiger charge is 2.16. The number of hydrogen-bond donors (Lipinski definition) is 0. The van der Waals surface area contributed by atoms with Gasteiger partial charge in [-0.3, -0.25) is 4.79 Å². The normalized spacial score (nSPS) is 13.7. The lowest BCUT2D eigenvalue weighted by Crippen LogP contribution is -2.17. The summed E-state index contributed by atoms with van der Waals surface area (Å²) in [7, 11) is 0. The molecule has 0 rings (SSSR count). The van der Waals surface area contributed by atoms with E-state index >= 15 is 0 Å². The first-order chi connectivity index (χ1) is 14.3. The molecule has 29 heavy (non-hydrogen) atoms. The van der Waals surface area contributed by atoms with Crippen molar-refractivity contribution in [2.24, 2.45) is 5.92 Å². The maximum Gasteiger partial charge on any atom is 0.309 e. The molecule has 0 amide bonds. The predicted molar refractivity (Wildman–Crippen MR) is 131 cm³/mol. The number of allylic oxidation sites excluding steroid dienone is 12. The molecule has 0 radical (unpaired) electrons. The Morgan fingerprint density at radius 1 is 0.690 bits per heavy atom. The topological polar surface area (TPSA) is 26.3 Å². The summed E-state index contributed by atoms with van der Waals surface area (Å²) in [5.41, 5.74) is 0. The first-order valence-electron chi connectivity index (χ1n) is 10.8. The molecule has 0 aromatic carbocycles. The van der Waals surface area contributed by atoms with Gasteiger partial charge in [0.05, 0.1) is 12.5 Å². The molecule has 1 unspecified atom stereocenters. The van der Waals surface area contributed by atoms with Crippen LogP contribution in [0.1, 0.15) is 65.2 Å². The lowest BCUT2D eigenvalue weighted by Gasteiger charge is -2.10. The van der Waals surface area contributed by atoms with Crippen molar-refractivity contribution < 1.29 is 9.53 Å². The first-order valence-corrected chi connectivity index (χ1v) is 11.2. The van der Waals surface area contributed by atoms with Gasteiger partial charge in [-0.05, 0) is 63.7 Å². The fourth-order valence-corrected chi connectivity index (χ4v) is 2.68. The Hall–Kier alpha value is -2.00. The zero-order chi connectivity index (χ0) is 21.4. The Morgan fingerprint density at radius 3 is 1.48 bits per heavy atom. The van der Waals surface area contributed by atoms with Crippen LogP contribution in [0.5, 0.6) is 0 Å². The second-order valence-corrected chi connectivity index (χ2v) is 6.84. The van der Waals surface area contributed by atoms with Gasteiger partial charge in [-0.15, -0.1) is 0 Å². The summed E-state index contributed by atoms with van der Waals surface area (Å²) in [6.07, 6.45) is 33.2. The van der Waals surface area contributed by atoms with Crippen LogP contribution in [0.15, 0.2) is 72.9 Å². The number of thiocarbonyl (C=S) groups is 1. The van der Waals surface area contributed by atoms with Gasteiger partial charge < -0.3 is 4.74 Å². The second-order valence-electron chi connectivity index (χ2n) is 6.50. The van der Waals surface area contributed by atoms with E-state index in [2.05, 4.69) is 73.8 Å². The monoisotopic (exact) mass is 414 g/mol. The number of hydrogen-bond acceptors (Lipinski definition) is 3. The zero-order valence-corrected chi connectivity index (χ0v) is 19.0. The average molecular weight is 415 g/mol. The molecule has 0 aliphatic carbocycles. The molecule has 0 aromatic heterocycles. The van der Waals surface area contributed by atoms with Crippen molar-refractivity contribution in [1.82, 2.24) is 0 Å². The largest absolute Gasteiger partial charge is 0.466 e. The van der Waals surface area contributed by atoms with Gasteiger partial charge in [0.1, 0.15) is 0 Å². The van der Waals surface area contributed by atoms with Crippen molar-refractivity contribution in [2.75, 3.05) is 6.61 Å². The Balaban J connectivity index is 3.82. The standard InChI is InChI=1S/C26H38O2S/c1-3-5-6-7-8-9-10-11-12-13-14-15-16-17-18-19-20-21-22-25(23-24-29)26(27)28-4-2/h5-6,8-9,11-12,14-15,17-18,20-21,24-25H,3-4,7,10,13,16,19,22-23H2,1-2H3/b6-5-,9-8-,12-11-,15-14-,18-17-,21-20+. The average Bonchev–Trinajstić information content (AvgIpc) is 2.72. The Labute approximate surface area is 183 Å². The molecule has 0 N–H and O–H groups in total. The van der Waals surface area contributed by atoms with Crippen molar-refractivity contribution in [3.63, 3.8) is 0 Å². The summed E-state index contributed by atoms with van der Waals surface area (Å²) >= 11 is 4.87. The van der Waals surface area contributed by atoms with Gasteiger partial charge in [0, 0.05) is 0 Å². The number of rotatable bonds is 17. The van der Waals surface area contributed by atoms with Gasteiger partial charge in [-0.1, -0.05) is 92.1 Å². The van der Waals surface area contributed by atoms with Gasteiger partial charge in [-0.2, -0.15) is 0 Å². The van der Waals surface area contributed by atoms with E-state index in [9.17, 15) is 4.79 Å². The molecule has 0 fully saturated rings. The van der Waals surface area contributed by atoms with E-state index < -0.39 is 0 Å². The second kappa shape index (κ2) is 22.3. The summed E-state index contributed by atoms with van der Waals surface area (Å²) in [5.74, 6) is -0.315. The summed E-state index contributed by atoms with van der Waals surface area (Å²) < 4.78 is 5.07. The quantitative estimate of drug-likeness (QED) is 0.139. The third-order valence-electron chi connectivity index (χ3n) is 4.02. The molecule has 2 nitrogen and oxygen atoms in total. The summed E-state index contributed by atoms with van der Waals surface area (Å²) in [6, 6.07) is 0. The van der Waals surface area contributed by atoms with Gasteiger partial charge in [-0.25, -0.2) is 0 Å². The minimum absolute atomic E-state index is 0.156. The molecule has 0 heterocycles. The molecule has 0 saturated carbocycles. The van der Waals surface area contributed by atoms with Crippen LogP contribution in [0, 0.1) is 5.92 Å². The Kier molecular flexibility index (Phi) is 20.8. The van der Waals surface area contributed by atoms with E-state index in [4.69, 9.17) is 17.0 Å². The van der Waals surface area contributed by atoms with Crippen LogP contribution in [0.3, 0.4) is 0 Å².